The van der Waals surface area contributed by atoms with Gasteiger partial charge in [-0.3, -0.25) is 5.32 Å². The largest absolute Gasteiger partial charge is 0.481 e. The summed E-state index contributed by atoms with van der Waals surface area (Å²) in [6.07, 6.45) is -0.554. The quantitative estimate of drug-likeness (QED) is 0.828. The Morgan fingerprint density at radius 2 is 2.06 bits per heavy atom. The molecule has 0 fully saturated rings. The zero-order valence-electron chi connectivity index (χ0n) is 10.2. The van der Waals surface area contributed by atoms with Crippen LogP contribution in [-0.4, -0.2) is 23.8 Å². The minimum absolute atomic E-state index is 0.232. The highest BCUT2D eigenvalue weighted by Gasteiger charge is 2.16. The van der Waals surface area contributed by atoms with Gasteiger partial charge in [-0.2, -0.15) is 0 Å². The third kappa shape index (κ3) is 4.91. The average molecular weight is 259 g/mol. The summed E-state index contributed by atoms with van der Waals surface area (Å²) < 4.78 is 10.0. The molecule has 6 heteroatoms. The molecule has 1 aromatic heterocycles. The van der Waals surface area contributed by atoms with E-state index in [0.717, 1.165) is 0 Å². The molecule has 1 aromatic rings. The Bertz CT molecular complexity index is 416. The number of nitrogens with one attached hydrogen (secondary N) is 1. The fourth-order valence-electron chi connectivity index (χ4n) is 1.07. The van der Waals surface area contributed by atoms with E-state index in [1.807, 2.05) is 0 Å². The van der Waals surface area contributed by atoms with Crippen molar-refractivity contribution in [2.45, 2.75) is 26.4 Å². The highest BCUT2D eigenvalue weighted by molar-refractivity contribution is 6.29. The molecule has 0 atom stereocenters. The number of aromatic nitrogens is 1. The molecule has 0 aliphatic rings. The molecule has 1 heterocycles. The van der Waals surface area contributed by atoms with E-state index in [1.165, 1.54) is 13.2 Å². The highest BCUT2D eigenvalue weighted by Crippen LogP contribution is 2.20. The first-order valence-electron chi connectivity index (χ1n) is 5.02. The minimum Gasteiger partial charge on any atom is -0.481 e. The lowest BCUT2D eigenvalue weighted by Crippen LogP contribution is -2.27. The van der Waals surface area contributed by atoms with Gasteiger partial charge in [0.25, 0.3) is 0 Å². The Labute approximate surface area is 105 Å². The molecule has 0 aliphatic heterocycles. The Hall–Kier alpha value is -1.49. The van der Waals surface area contributed by atoms with Crippen LogP contribution >= 0.6 is 11.6 Å². The lowest BCUT2D eigenvalue weighted by atomic mass is 10.2. The van der Waals surface area contributed by atoms with Crippen LogP contribution in [0.15, 0.2) is 12.1 Å². The van der Waals surface area contributed by atoms with Crippen molar-refractivity contribution in [1.29, 1.82) is 0 Å². The molecular formula is C11H15ClN2O3. The highest BCUT2D eigenvalue weighted by atomic mass is 35.5. The van der Waals surface area contributed by atoms with E-state index in [0.29, 0.717) is 11.6 Å². The molecule has 0 bridgehead atoms. The van der Waals surface area contributed by atoms with Gasteiger partial charge in [0.05, 0.1) is 12.8 Å². The molecule has 1 rings (SSSR count). The molecule has 0 aliphatic carbocycles. The van der Waals surface area contributed by atoms with Gasteiger partial charge >= 0.3 is 6.09 Å². The van der Waals surface area contributed by atoms with Gasteiger partial charge in [-0.05, 0) is 26.8 Å². The van der Waals surface area contributed by atoms with E-state index in [4.69, 9.17) is 21.1 Å². The maximum absolute atomic E-state index is 11.5. The third-order valence-corrected chi connectivity index (χ3v) is 1.82. The molecule has 0 saturated heterocycles. The lowest BCUT2D eigenvalue weighted by molar-refractivity contribution is 0.0636. The predicted octanol–water partition coefficient (Wildman–Crippen LogP) is 3.09. The van der Waals surface area contributed by atoms with Gasteiger partial charge in [0, 0.05) is 6.07 Å². The Kier molecular flexibility index (Phi) is 4.17. The number of carbonyl (C=O) groups is 1. The molecule has 0 aromatic carbocycles. The molecular weight excluding hydrogens is 244 g/mol. The number of halogens is 1. The summed E-state index contributed by atoms with van der Waals surface area (Å²) in [7, 11) is 1.47. The van der Waals surface area contributed by atoms with E-state index in [-0.39, 0.29) is 5.15 Å². The monoisotopic (exact) mass is 258 g/mol. The first kappa shape index (κ1) is 13.6. The van der Waals surface area contributed by atoms with E-state index in [9.17, 15) is 4.79 Å². The van der Waals surface area contributed by atoms with E-state index in [2.05, 4.69) is 10.3 Å². The first-order chi connectivity index (χ1) is 7.80. The summed E-state index contributed by atoms with van der Waals surface area (Å²) >= 11 is 5.76. The normalized spacial score (nSPS) is 10.9. The summed E-state index contributed by atoms with van der Waals surface area (Å²) in [5.41, 5.74) is -0.0820. The number of nitrogens with zero attached hydrogens (tertiary/aromatic N) is 1. The van der Waals surface area contributed by atoms with Crippen molar-refractivity contribution in [1.82, 2.24) is 4.98 Å². The number of carbonyl (C=O) groups excluding carboxylic acids is 1. The van der Waals surface area contributed by atoms with Crippen LogP contribution in [0.2, 0.25) is 5.15 Å². The fraction of sp³-hybridized carbons (Fsp3) is 0.455. The molecule has 94 valence electrons. The molecule has 0 unspecified atom stereocenters. The van der Waals surface area contributed by atoms with E-state index >= 15 is 0 Å². The van der Waals surface area contributed by atoms with Gasteiger partial charge in [-0.1, -0.05) is 11.6 Å². The average Bonchev–Trinajstić information content (AvgIpc) is 2.13. The zero-order chi connectivity index (χ0) is 13.1. The molecule has 0 spiro atoms. The summed E-state index contributed by atoms with van der Waals surface area (Å²) in [4.78, 5) is 15.4. The van der Waals surface area contributed by atoms with E-state index < -0.39 is 11.7 Å². The summed E-state index contributed by atoms with van der Waals surface area (Å²) in [5.74, 6) is 0.323. The fourth-order valence-corrected chi connectivity index (χ4v) is 1.27. The van der Waals surface area contributed by atoms with Crippen LogP contribution in [0.25, 0.3) is 0 Å². The van der Waals surface area contributed by atoms with Crippen LogP contribution in [0, 0.1) is 0 Å². The second-order valence-corrected chi connectivity index (χ2v) is 4.74. The number of ether oxygens (including phenoxy) is 2. The Morgan fingerprint density at radius 1 is 1.41 bits per heavy atom. The molecule has 5 nitrogen and oxygen atoms in total. The van der Waals surface area contributed by atoms with Gasteiger partial charge in [0.1, 0.15) is 10.8 Å². The van der Waals surface area contributed by atoms with E-state index in [1.54, 1.807) is 26.8 Å². The van der Waals surface area contributed by atoms with Gasteiger partial charge in [-0.25, -0.2) is 9.78 Å². The summed E-state index contributed by atoms with van der Waals surface area (Å²) in [6.45, 7) is 5.35. The van der Waals surface area contributed by atoms with Crippen LogP contribution in [0.4, 0.5) is 10.5 Å². The molecule has 1 amide bonds. The van der Waals surface area contributed by atoms with Crippen molar-refractivity contribution in [3.63, 3.8) is 0 Å². The van der Waals surface area contributed by atoms with Crippen molar-refractivity contribution in [3.8, 4) is 5.88 Å². The topological polar surface area (TPSA) is 60.5 Å². The number of methoxy groups -OCH3 is 1. The summed E-state index contributed by atoms with van der Waals surface area (Å²) in [6, 6.07) is 3.06. The minimum atomic E-state index is -0.554. The standard InChI is InChI=1S/C11H15ClN2O3/c1-11(2,3)17-10(15)13-7-5-8(12)14-9(6-7)16-4/h5-6H,1-4H3,(H,13,14,15). The van der Waals surface area contributed by atoms with Crippen LogP contribution < -0.4 is 10.1 Å². The van der Waals surface area contributed by atoms with Crippen molar-refractivity contribution >= 4 is 23.4 Å². The van der Waals surface area contributed by atoms with Gasteiger partial charge in [-0.15, -0.1) is 0 Å². The number of rotatable bonds is 2. The number of hydrogen-bond donors (Lipinski definition) is 1. The van der Waals surface area contributed by atoms with Crippen LogP contribution in [-0.2, 0) is 4.74 Å². The molecule has 17 heavy (non-hydrogen) atoms. The maximum Gasteiger partial charge on any atom is 0.412 e. The van der Waals surface area contributed by atoms with Crippen LogP contribution in [0.3, 0.4) is 0 Å². The predicted molar refractivity (Wildman–Crippen MR) is 65.7 cm³/mol. The molecule has 0 radical (unpaired) electrons. The van der Waals surface area contributed by atoms with Gasteiger partial charge in [0.15, 0.2) is 0 Å². The summed E-state index contributed by atoms with van der Waals surface area (Å²) in [5, 5.41) is 2.78. The second-order valence-electron chi connectivity index (χ2n) is 4.35. The smallest absolute Gasteiger partial charge is 0.412 e. The number of anilines is 1. The molecule has 0 saturated carbocycles. The zero-order valence-corrected chi connectivity index (χ0v) is 11.0. The van der Waals surface area contributed by atoms with Crippen LogP contribution in [0.5, 0.6) is 5.88 Å². The Balaban J connectivity index is 2.74. The number of amides is 1. The van der Waals surface area contributed by atoms with Gasteiger partial charge in [0.2, 0.25) is 5.88 Å². The van der Waals surface area contributed by atoms with Crippen molar-refractivity contribution in [2.75, 3.05) is 12.4 Å². The van der Waals surface area contributed by atoms with Gasteiger partial charge < -0.3 is 9.47 Å². The van der Waals surface area contributed by atoms with Crippen LogP contribution in [0.1, 0.15) is 20.8 Å². The lowest BCUT2D eigenvalue weighted by Gasteiger charge is -2.19. The first-order valence-corrected chi connectivity index (χ1v) is 5.39. The SMILES string of the molecule is COc1cc(NC(=O)OC(C)(C)C)cc(Cl)n1. The molecule has 1 N–H and O–H groups in total. The Morgan fingerprint density at radius 3 is 2.59 bits per heavy atom. The maximum atomic E-state index is 11.5. The number of pyridine rings is 1. The van der Waals surface area contributed by atoms with Crippen molar-refractivity contribution < 1.29 is 14.3 Å². The third-order valence-electron chi connectivity index (χ3n) is 1.63. The van der Waals surface area contributed by atoms with Crippen molar-refractivity contribution in [2.24, 2.45) is 0 Å². The van der Waals surface area contributed by atoms with Crippen molar-refractivity contribution in [3.05, 3.63) is 17.3 Å². The second kappa shape index (κ2) is 5.23. The number of hydrogen-bond acceptors (Lipinski definition) is 4.